The number of hydrogen-bond donors (Lipinski definition) is 0. The molecule has 0 aromatic rings. The van der Waals surface area contributed by atoms with Crippen LogP contribution in [0.15, 0.2) is 0 Å². The van der Waals surface area contributed by atoms with Crippen LogP contribution in [0, 0.1) is 5.92 Å². The van der Waals surface area contributed by atoms with Gasteiger partial charge in [-0.2, -0.15) is 0 Å². The minimum atomic E-state index is -4.73. The van der Waals surface area contributed by atoms with E-state index < -0.39 is 7.82 Å². The van der Waals surface area contributed by atoms with Crippen molar-refractivity contribution < 1.29 is 18.9 Å². The molecular formula is C5H11O4P-2. The SMILES string of the molecule is CCC(C)COP(=O)([O-])[O-]. The highest BCUT2D eigenvalue weighted by atomic mass is 31.2. The summed E-state index contributed by atoms with van der Waals surface area (Å²) in [4.78, 5) is 19.8. The molecule has 0 aromatic carbocycles. The van der Waals surface area contributed by atoms with E-state index in [0.29, 0.717) is 0 Å². The van der Waals surface area contributed by atoms with E-state index in [0.717, 1.165) is 6.42 Å². The summed E-state index contributed by atoms with van der Waals surface area (Å²) in [6.45, 7) is 3.71. The highest BCUT2D eigenvalue weighted by Gasteiger charge is 1.98. The maximum absolute atomic E-state index is 9.90. The summed E-state index contributed by atoms with van der Waals surface area (Å²) in [5, 5.41) is 0. The van der Waals surface area contributed by atoms with Crippen LogP contribution in [0.4, 0.5) is 0 Å². The Morgan fingerprint density at radius 2 is 2.10 bits per heavy atom. The van der Waals surface area contributed by atoms with Crippen LogP contribution in [0.25, 0.3) is 0 Å². The van der Waals surface area contributed by atoms with Crippen LogP contribution in [-0.4, -0.2) is 6.61 Å². The lowest BCUT2D eigenvalue weighted by Crippen LogP contribution is -2.18. The van der Waals surface area contributed by atoms with Gasteiger partial charge in [-0.05, 0) is 5.92 Å². The molecule has 0 rings (SSSR count). The summed E-state index contributed by atoms with van der Waals surface area (Å²) < 4.78 is 13.9. The first-order chi connectivity index (χ1) is 4.45. The van der Waals surface area contributed by atoms with E-state index in [1.807, 2.05) is 13.8 Å². The molecule has 0 aliphatic heterocycles. The molecule has 0 heterocycles. The van der Waals surface area contributed by atoms with Gasteiger partial charge in [0, 0.05) is 0 Å². The molecule has 4 nitrogen and oxygen atoms in total. The van der Waals surface area contributed by atoms with Gasteiger partial charge >= 0.3 is 0 Å². The van der Waals surface area contributed by atoms with Crippen molar-refractivity contribution in [2.75, 3.05) is 6.61 Å². The van der Waals surface area contributed by atoms with Crippen molar-refractivity contribution in [1.29, 1.82) is 0 Å². The smallest absolute Gasteiger partial charge is 0.0596 e. The van der Waals surface area contributed by atoms with E-state index in [9.17, 15) is 14.4 Å². The third-order valence-electron chi connectivity index (χ3n) is 1.21. The Labute approximate surface area is 60.5 Å². The Morgan fingerprint density at radius 1 is 1.60 bits per heavy atom. The second kappa shape index (κ2) is 4.09. The van der Waals surface area contributed by atoms with Crippen molar-refractivity contribution in [3.05, 3.63) is 0 Å². The van der Waals surface area contributed by atoms with Crippen molar-refractivity contribution >= 4 is 7.82 Å². The van der Waals surface area contributed by atoms with Crippen molar-refractivity contribution in [2.45, 2.75) is 20.3 Å². The molecule has 0 aliphatic rings. The summed E-state index contributed by atoms with van der Waals surface area (Å²) >= 11 is 0. The maximum Gasteiger partial charge on any atom is 0.0596 e. The summed E-state index contributed by atoms with van der Waals surface area (Å²) in [6.07, 6.45) is 0.806. The third-order valence-corrected chi connectivity index (χ3v) is 1.68. The highest BCUT2D eigenvalue weighted by molar-refractivity contribution is 7.43. The predicted molar refractivity (Wildman–Crippen MR) is 33.0 cm³/mol. The lowest BCUT2D eigenvalue weighted by Gasteiger charge is -2.29. The van der Waals surface area contributed by atoms with Crippen molar-refractivity contribution in [3.63, 3.8) is 0 Å². The molecule has 62 valence electrons. The molecule has 0 aliphatic carbocycles. The fraction of sp³-hybridized carbons (Fsp3) is 1.00. The van der Waals surface area contributed by atoms with E-state index in [1.165, 1.54) is 0 Å². The van der Waals surface area contributed by atoms with E-state index in [1.54, 1.807) is 0 Å². The van der Waals surface area contributed by atoms with Gasteiger partial charge in [0.05, 0.1) is 14.4 Å². The zero-order chi connectivity index (χ0) is 8.20. The van der Waals surface area contributed by atoms with Gasteiger partial charge in [0.1, 0.15) is 0 Å². The average molecular weight is 166 g/mol. The van der Waals surface area contributed by atoms with Crippen LogP contribution in [0.1, 0.15) is 20.3 Å². The molecule has 0 amide bonds. The van der Waals surface area contributed by atoms with Gasteiger partial charge in [0.2, 0.25) is 0 Å². The topological polar surface area (TPSA) is 72.4 Å². The van der Waals surface area contributed by atoms with Gasteiger partial charge in [-0.1, -0.05) is 20.3 Å². The molecule has 10 heavy (non-hydrogen) atoms. The summed E-state index contributed by atoms with van der Waals surface area (Å²) in [7, 11) is -4.73. The predicted octanol–water partition coefficient (Wildman–Crippen LogP) is -0.122. The molecule has 0 aromatic heterocycles. The largest absolute Gasteiger partial charge is 0.790 e. The number of hydrogen-bond acceptors (Lipinski definition) is 4. The van der Waals surface area contributed by atoms with Gasteiger partial charge in [-0.3, -0.25) is 0 Å². The maximum atomic E-state index is 9.90. The van der Waals surface area contributed by atoms with E-state index >= 15 is 0 Å². The fourth-order valence-corrected chi connectivity index (χ4v) is 0.773. The zero-order valence-electron chi connectivity index (χ0n) is 6.07. The number of phosphoric acid groups is 1. The Balaban J connectivity index is 3.46. The third kappa shape index (κ3) is 6.23. The van der Waals surface area contributed by atoms with Crippen LogP contribution >= 0.6 is 7.82 Å². The molecule has 0 radical (unpaired) electrons. The fourth-order valence-electron chi connectivity index (χ4n) is 0.336. The quantitative estimate of drug-likeness (QED) is 0.545. The molecular weight excluding hydrogens is 155 g/mol. The minimum Gasteiger partial charge on any atom is -0.790 e. The van der Waals surface area contributed by atoms with Gasteiger partial charge in [0.15, 0.2) is 0 Å². The Morgan fingerprint density at radius 3 is 2.40 bits per heavy atom. The Hall–Kier alpha value is 0.110. The van der Waals surface area contributed by atoms with Crippen molar-refractivity contribution in [3.8, 4) is 0 Å². The van der Waals surface area contributed by atoms with Crippen molar-refractivity contribution in [1.82, 2.24) is 0 Å². The molecule has 1 unspecified atom stereocenters. The first-order valence-electron chi connectivity index (χ1n) is 3.12. The monoisotopic (exact) mass is 166 g/mol. The van der Waals surface area contributed by atoms with Gasteiger partial charge in [-0.25, -0.2) is 0 Å². The van der Waals surface area contributed by atoms with Crippen LogP contribution in [-0.2, 0) is 9.09 Å². The molecule has 0 saturated carbocycles. The molecule has 0 spiro atoms. The lowest BCUT2D eigenvalue weighted by atomic mass is 10.1. The van der Waals surface area contributed by atoms with Crippen molar-refractivity contribution in [2.24, 2.45) is 5.92 Å². The number of phosphoric ester groups is 1. The van der Waals surface area contributed by atoms with Gasteiger partial charge in [0.25, 0.3) is 0 Å². The standard InChI is InChI=1S/C5H13O4P/c1-3-5(2)4-9-10(6,7)8/h5H,3-4H2,1-2H3,(H2,6,7,8)/p-2. The summed E-state index contributed by atoms with van der Waals surface area (Å²) in [5.41, 5.74) is 0. The highest BCUT2D eigenvalue weighted by Crippen LogP contribution is 2.25. The Kier molecular flexibility index (Phi) is 4.13. The molecule has 0 bridgehead atoms. The first-order valence-corrected chi connectivity index (χ1v) is 4.58. The number of rotatable bonds is 4. The summed E-state index contributed by atoms with van der Waals surface area (Å²) in [5.74, 6) is 0.122. The van der Waals surface area contributed by atoms with Crippen LogP contribution in [0.3, 0.4) is 0 Å². The molecule has 0 N–H and O–H groups in total. The molecule has 0 saturated heterocycles. The minimum absolute atomic E-state index is 0.000772. The van der Waals surface area contributed by atoms with Crippen LogP contribution in [0.5, 0.6) is 0 Å². The first kappa shape index (κ1) is 10.1. The average Bonchev–Trinajstić information content (AvgIpc) is 1.81. The van der Waals surface area contributed by atoms with E-state index in [2.05, 4.69) is 4.52 Å². The zero-order valence-corrected chi connectivity index (χ0v) is 6.97. The second-order valence-electron chi connectivity index (χ2n) is 2.26. The second-order valence-corrected chi connectivity index (χ2v) is 3.41. The Bertz CT molecular complexity index is 130. The lowest BCUT2D eigenvalue weighted by molar-refractivity contribution is -0.342. The van der Waals surface area contributed by atoms with E-state index in [-0.39, 0.29) is 12.5 Å². The molecule has 0 fully saturated rings. The van der Waals surface area contributed by atoms with Gasteiger partial charge < -0.3 is 18.9 Å². The summed E-state index contributed by atoms with van der Waals surface area (Å²) in [6, 6.07) is 0. The van der Waals surface area contributed by atoms with Gasteiger partial charge in [-0.15, -0.1) is 0 Å². The molecule has 5 heteroatoms. The van der Waals surface area contributed by atoms with Crippen LogP contribution < -0.4 is 9.79 Å². The van der Waals surface area contributed by atoms with E-state index in [4.69, 9.17) is 0 Å². The molecule has 1 atom stereocenters. The van der Waals surface area contributed by atoms with Crippen LogP contribution in [0.2, 0.25) is 0 Å². The normalized spacial score (nSPS) is 15.2.